The van der Waals surface area contributed by atoms with E-state index in [4.69, 9.17) is 9.84 Å². The third-order valence-corrected chi connectivity index (χ3v) is 3.53. The number of hydrogen-bond acceptors (Lipinski definition) is 5. The van der Waals surface area contributed by atoms with E-state index in [2.05, 4.69) is 0 Å². The number of amides is 1. The molecule has 1 aliphatic heterocycles. The Kier molecular flexibility index (Phi) is 3.67. The Labute approximate surface area is 115 Å². The number of anilines is 1. The third kappa shape index (κ3) is 2.90. The van der Waals surface area contributed by atoms with Crippen molar-refractivity contribution in [3.05, 3.63) is 23.8 Å². The smallest absolute Gasteiger partial charge is 0.339 e. The van der Waals surface area contributed by atoms with Gasteiger partial charge in [-0.3, -0.25) is 4.79 Å². The molecule has 7 nitrogen and oxygen atoms in total. The van der Waals surface area contributed by atoms with E-state index in [1.54, 1.807) is 0 Å². The highest BCUT2D eigenvalue weighted by Crippen LogP contribution is 2.35. The Hall–Kier alpha value is -2.09. The summed E-state index contributed by atoms with van der Waals surface area (Å²) in [6, 6.07) is 4.38. The third-order valence-electron chi connectivity index (χ3n) is 2.76. The molecule has 108 valence electrons. The summed E-state index contributed by atoms with van der Waals surface area (Å²) >= 11 is 0. The van der Waals surface area contributed by atoms with Gasteiger partial charge in [0.25, 0.3) is 0 Å². The largest absolute Gasteiger partial charge is 0.489 e. The zero-order valence-electron chi connectivity index (χ0n) is 10.7. The molecule has 1 aromatic rings. The molecule has 1 amide bonds. The molecule has 20 heavy (non-hydrogen) atoms. The fourth-order valence-corrected chi connectivity index (χ4v) is 2.58. The molecule has 0 fully saturated rings. The molecule has 2 rings (SSSR count). The van der Waals surface area contributed by atoms with Crippen molar-refractivity contribution in [1.29, 1.82) is 0 Å². The first-order chi connectivity index (χ1) is 9.29. The van der Waals surface area contributed by atoms with Crippen LogP contribution in [0.5, 0.6) is 5.75 Å². The molecule has 0 unspecified atom stereocenters. The number of carbonyl (C=O) groups excluding carboxylic acids is 1. The number of para-hydroxylation sites is 1. The van der Waals surface area contributed by atoms with Gasteiger partial charge in [-0.1, -0.05) is 6.07 Å². The first-order valence-corrected chi connectivity index (χ1v) is 7.83. The molecule has 0 saturated carbocycles. The minimum Gasteiger partial charge on any atom is -0.489 e. The van der Waals surface area contributed by atoms with Crippen molar-refractivity contribution in [2.75, 3.05) is 30.1 Å². The second-order valence-electron chi connectivity index (χ2n) is 4.42. The number of sulfone groups is 1. The van der Waals surface area contributed by atoms with Crippen molar-refractivity contribution < 1.29 is 27.9 Å². The predicted octanol–water partition coefficient (Wildman–Crippen LogP) is 0.155. The number of hydrogen-bond donors (Lipinski definition) is 1. The van der Waals surface area contributed by atoms with Crippen LogP contribution >= 0.6 is 0 Å². The van der Waals surface area contributed by atoms with Crippen molar-refractivity contribution in [3.8, 4) is 5.75 Å². The molecule has 0 bridgehead atoms. The molecular formula is C12H13NO6S. The van der Waals surface area contributed by atoms with Crippen molar-refractivity contribution in [1.82, 2.24) is 0 Å². The van der Waals surface area contributed by atoms with Gasteiger partial charge in [0.2, 0.25) is 5.91 Å². The van der Waals surface area contributed by atoms with Crippen LogP contribution in [0.3, 0.4) is 0 Å². The first kappa shape index (κ1) is 14.3. The number of carboxylic acids is 1. The maximum Gasteiger partial charge on any atom is 0.339 e. The quantitative estimate of drug-likeness (QED) is 0.853. The lowest BCUT2D eigenvalue weighted by atomic mass is 10.1. The van der Waals surface area contributed by atoms with Crippen LogP contribution < -0.4 is 9.64 Å². The number of benzene rings is 1. The van der Waals surface area contributed by atoms with E-state index in [1.807, 2.05) is 0 Å². The van der Waals surface area contributed by atoms with E-state index >= 15 is 0 Å². The van der Waals surface area contributed by atoms with Gasteiger partial charge in [-0.25, -0.2) is 13.2 Å². The number of nitrogens with zero attached hydrogens (tertiary/aromatic N) is 1. The molecule has 0 spiro atoms. The maximum atomic E-state index is 12.0. The van der Waals surface area contributed by atoms with Gasteiger partial charge in [-0.05, 0) is 12.1 Å². The number of carboxylic acid groups (broad SMARTS) is 1. The molecule has 1 N–H and O–H groups in total. The molecule has 0 radical (unpaired) electrons. The molecule has 0 atom stereocenters. The van der Waals surface area contributed by atoms with Crippen LogP contribution in [-0.4, -0.2) is 50.6 Å². The van der Waals surface area contributed by atoms with Crippen LogP contribution in [0.15, 0.2) is 18.2 Å². The maximum absolute atomic E-state index is 12.0. The average molecular weight is 299 g/mol. The van der Waals surface area contributed by atoms with Crippen LogP contribution in [0.25, 0.3) is 0 Å². The van der Waals surface area contributed by atoms with E-state index in [0.29, 0.717) is 0 Å². The molecular weight excluding hydrogens is 286 g/mol. The second-order valence-corrected chi connectivity index (χ2v) is 6.56. The minimum atomic E-state index is -3.45. The Morgan fingerprint density at radius 1 is 1.40 bits per heavy atom. The Bertz CT molecular complexity index is 667. The second kappa shape index (κ2) is 5.12. The zero-order valence-corrected chi connectivity index (χ0v) is 11.5. The monoisotopic (exact) mass is 299 g/mol. The van der Waals surface area contributed by atoms with E-state index in [1.165, 1.54) is 23.1 Å². The number of ether oxygens (including phenoxy) is 1. The summed E-state index contributed by atoms with van der Waals surface area (Å²) in [6.45, 7) is 0.303. The Morgan fingerprint density at radius 2 is 2.10 bits per heavy atom. The summed E-state index contributed by atoms with van der Waals surface area (Å²) < 4.78 is 27.7. The van der Waals surface area contributed by atoms with E-state index in [9.17, 15) is 18.0 Å². The molecule has 0 aromatic heterocycles. The van der Waals surface area contributed by atoms with Crippen molar-refractivity contribution in [2.45, 2.75) is 0 Å². The summed E-state index contributed by atoms with van der Waals surface area (Å²) in [6.07, 6.45) is 0.972. The lowest BCUT2D eigenvalue weighted by molar-refractivity contribution is -0.116. The molecule has 1 aliphatic rings. The van der Waals surface area contributed by atoms with Crippen LogP contribution in [0, 0.1) is 0 Å². The fourth-order valence-electron chi connectivity index (χ4n) is 1.98. The number of rotatable bonds is 3. The van der Waals surface area contributed by atoms with Gasteiger partial charge < -0.3 is 14.7 Å². The van der Waals surface area contributed by atoms with Crippen LogP contribution in [0.4, 0.5) is 5.69 Å². The topological polar surface area (TPSA) is 101 Å². The van der Waals surface area contributed by atoms with Gasteiger partial charge >= 0.3 is 5.97 Å². The van der Waals surface area contributed by atoms with Crippen molar-refractivity contribution in [2.24, 2.45) is 0 Å². The van der Waals surface area contributed by atoms with E-state index in [0.717, 1.165) is 6.26 Å². The summed E-state index contributed by atoms with van der Waals surface area (Å²) in [5, 5.41) is 9.07. The number of carbonyl (C=O) groups is 2. The summed E-state index contributed by atoms with van der Waals surface area (Å²) in [5.41, 5.74) is 0.226. The zero-order chi connectivity index (χ0) is 14.9. The van der Waals surface area contributed by atoms with Crippen LogP contribution in [-0.2, 0) is 14.6 Å². The van der Waals surface area contributed by atoms with Crippen LogP contribution in [0.1, 0.15) is 10.4 Å². The lowest BCUT2D eigenvalue weighted by Gasteiger charge is -2.30. The van der Waals surface area contributed by atoms with Gasteiger partial charge in [0, 0.05) is 6.26 Å². The average Bonchev–Trinajstić information content (AvgIpc) is 2.35. The Morgan fingerprint density at radius 3 is 2.70 bits per heavy atom. The normalized spacial score (nSPS) is 14.3. The highest BCUT2D eigenvalue weighted by molar-refractivity contribution is 7.91. The van der Waals surface area contributed by atoms with Crippen molar-refractivity contribution >= 4 is 27.4 Å². The van der Waals surface area contributed by atoms with Gasteiger partial charge in [0.15, 0.2) is 15.6 Å². The summed E-state index contributed by atoms with van der Waals surface area (Å²) in [5.74, 6) is -2.30. The first-order valence-electron chi connectivity index (χ1n) is 5.77. The van der Waals surface area contributed by atoms with E-state index in [-0.39, 0.29) is 30.2 Å². The highest BCUT2D eigenvalue weighted by Gasteiger charge is 2.28. The number of aromatic carboxylic acids is 1. The summed E-state index contributed by atoms with van der Waals surface area (Å²) in [7, 11) is -3.45. The number of fused-ring (bicyclic) bond motifs is 1. The van der Waals surface area contributed by atoms with Crippen LogP contribution in [0.2, 0.25) is 0 Å². The molecule has 1 aromatic carbocycles. The highest BCUT2D eigenvalue weighted by atomic mass is 32.2. The van der Waals surface area contributed by atoms with Gasteiger partial charge in [0.05, 0.1) is 12.2 Å². The minimum absolute atomic E-state index is 0.0562. The van der Waals surface area contributed by atoms with Gasteiger partial charge in [-0.15, -0.1) is 0 Å². The van der Waals surface area contributed by atoms with E-state index < -0.39 is 27.5 Å². The molecule has 1 heterocycles. The predicted molar refractivity (Wildman–Crippen MR) is 71.0 cm³/mol. The molecule has 0 saturated heterocycles. The van der Waals surface area contributed by atoms with Crippen molar-refractivity contribution in [3.63, 3.8) is 0 Å². The lowest BCUT2D eigenvalue weighted by Crippen LogP contribution is -2.41. The van der Waals surface area contributed by atoms with Gasteiger partial charge in [-0.2, -0.15) is 0 Å². The molecule has 0 aliphatic carbocycles. The fraction of sp³-hybridized carbons (Fsp3) is 0.333. The SMILES string of the molecule is CS(=O)(=O)CC(=O)N1CCOc2c(C(=O)O)cccc21. The van der Waals surface area contributed by atoms with Gasteiger partial charge in [0.1, 0.15) is 17.9 Å². The Balaban J connectivity index is 2.41. The standard InChI is InChI=1S/C12H13NO6S/c1-20(17,18)7-10(14)13-5-6-19-11-8(12(15)16)3-2-4-9(11)13/h2-4H,5-7H2,1H3,(H,15,16). The summed E-state index contributed by atoms with van der Waals surface area (Å²) in [4.78, 5) is 24.3. The molecule has 8 heteroatoms.